The summed E-state index contributed by atoms with van der Waals surface area (Å²) < 4.78 is 12.9. The van der Waals surface area contributed by atoms with Gasteiger partial charge in [0.25, 0.3) is 0 Å². The molecule has 0 spiro atoms. The van der Waals surface area contributed by atoms with Crippen molar-refractivity contribution in [2.75, 3.05) is 6.54 Å². The molecule has 2 aliphatic carbocycles. The third kappa shape index (κ3) is 3.40. The van der Waals surface area contributed by atoms with Gasteiger partial charge < -0.3 is 10.0 Å². The molecule has 3 rings (SSSR count). The van der Waals surface area contributed by atoms with Crippen LogP contribution in [0, 0.1) is 23.6 Å². The molecule has 0 bridgehead atoms. The molecule has 4 nitrogen and oxygen atoms in total. The van der Waals surface area contributed by atoms with E-state index < -0.39 is 5.97 Å². The van der Waals surface area contributed by atoms with Crippen molar-refractivity contribution in [3.63, 3.8) is 0 Å². The second-order valence-electron chi connectivity index (χ2n) is 6.06. The summed E-state index contributed by atoms with van der Waals surface area (Å²) in [5, 5.41) is 8.99. The Hall–Kier alpha value is -1.91. The predicted molar refractivity (Wildman–Crippen MR) is 73.8 cm³/mol. The molecule has 0 saturated heterocycles. The van der Waals surface area contributed by atoms with Gasteiger partial charge >= 0.3 is 5.97 Å². The lowest BCUT2D eigenvalue weighted by molar-refractivity contribution is -0.145. The van der Waals surface area contributed by atoms with E-state index in [0.29, 0.717) is 11.8 Å². The first-order valence-electron chi connectivity index (χ1n) is 7.29. The number of halogens is 1. The molecule has 2 unspecified atom stereocenters. The lowest BCUT2D eigenvalue weighted by atomic mass is 10.1. The SMILES string of the molecule is O=C(O)CN(Cc1ccc(F)cc1)C(=O)C1CC1C1CC1. The molecule has 5 heteroatoms. The highest BCUT2D eigenvalue weighted by molar-refractivity contribution is 5.85. The van der Waals surface area contributed by atoms with Gasteiger partial charge in [-0.25, -0.2) is 4.39 Å². The van der Waals surface area contributed by atoms with E-state index in [0.717, 1.165) is 12.0 Å². The van der Waals surface area contributed by atoms with E-state index >= 15 is 0 Å². The van der Waals surface area contributed by atoms with Crippen molar-refractivity contribution in [3.05, 3.63) is 35.6 Å². The van der Waals surface area contributed by atoms with Crippen LogP contribution >= 0.6 is 0 Å². The summed E-state index contributed by atoms with van der Waals surface area (Å²) in [5.74, 6) is -0.297. The van der Waals surface area contributed by atoms with Crippen LogP contribution < -0.4 is 0 Å². The van der Waals surface area contributed by atoms with E-state index in [2.05, 4.69) is 0 Å². The normalized spacial score (nSPS) is 23.7. The van der Waals surface area contributed by atoms with Gasteiger partial charge in [0, 0.05) is 12.5 Å². The van der Waals surface area contributed by atoms with E-state index in [1.54, 1.807) is 12.1 Å². The summed E-state index contributed by atoms with van der Waals surface area (Å²) in [4.78, 5) is 24.8. The molecule has 2 aliphatic rings. The number of amides is 1. The highest BCUT2D eigenvalue weighted by atomic mass is 19.1. The van der Waals surface area contributed by atoms with Gasteiger partial charge in [-0.05, 0) is 48.8 Å². The molecule has 112 valence electrons. The molecule has 1 aromatic rings. The summed E-state index contributed by atoms with van der Waals surface area (Å²) in [6.07, 6.45) is 3.29. The van der Waals surface area contributed by atoms with Crippen LogP contribution in [0.25, 0.3) is 0 Å². The molecule has 2 saturated carbocycles. The minimum Gasteiger partial charge on any atom is -0.480 e. The topological polar surface area (TPSA) is 57.6 Å². The van der Waals surface area contributed by atoms with Crippen molar-refractivity contribution in [2.24, 2.45) is 17.8 Å². The zero-order chi connectivity index (χ0) is 15.0. The first-order valence-corrected chi connectivity index (χ1v) is 7.29. The van der Waals surface area contributed by atoms with E-state index in [-0.39, 0.29) is 30.7 Å². The molecule has 2 atom stereocenters. The van der Waals surface area contributed by atoms with E-state index in [9.17, 15) is 14.0 Å². The zero-order valence-electron chi connectivity index (χ0n) is 11.7. The van der Waals surface area contributed by atoms with Crippen LogP contribution in [0.3, 0.4) is 0 Å². The van der Waals surface area contributed by atoms with Crippen molar-refractivity contribution >= 4 is 11.9 Å². The maximum atomic E-state index is 12.9. The second kappa shape index (κ2) is 5.47. The first-order chi connectivity index (χ1) is 10.0. The van der Waals surface area contributed by atoms with E-state index in [1.165, 1.54) is 29.9 Å². The predicted octanol–water partition coefficient (Wildman–Crippen LogP) is 2.29. The Balaban J connectivity index is 1.66. The maximum absolute atomic E-state index is 12.9. The summed E-state index contributed by atoms with van der Waals surface area (Å²) in [6.45, 7) is -0.0800. The monoisotopic (exact) mass is 291 g/mol. The van der Waals surface area contributed by atoms with Crippen LogP contribution in [0.15, 0.2) is 24.3 Å². The van der Waals surface area contributed by atoms with Gasteiger partial charge in [-0.2, -0.15) is 0 Å². The molecular weight excluding hydrogens is 273 g/mol. The van der Waals surface area contributed by atoms with Crippen LogP contribution in [0.5, 0.6) is 0 Å². The van der Waals surface area contributed by atoms with Crippen molar-refractivity contribution in [1.82, 2.24) is 4.90 Å². The standard InChI is InChI=1S/C16H18FNO3/c17-12-5-1-10(2-6-12)8-18(9-15(19)20)16(21)14-7-13(14)11-3-4-11/h1-2,5-6,11,13-14H,3-4,7-9H2,(H,19,20). The number of benzene rings is 1. The Morgan fingerprint density at radius 2 is 1.90 bits per heavy atom. The molecule has 21 heavy (non-hydrogen) atoms. The molecule has 0 aromatic heterocycles. The van der Waals surface area contributed by atoms with Crippen LogP contribution in [-0.2, 0) is 16.1 Å². The van der Waals surface area contributed by atoms with Gasteiger partial charge in [0.1, 0.15) is 12.4 Å². The minimum absolute atomic E-state index is 0.00250. The number of nitrogens with zero attached hydrogens (tertiary/aromatic N) is 1. The molecular formula is C16H18FNO3. The van der Waals surface area contributed by atoms with Crippen molar-refractivity contribution < 1.29 is 19.1 Å². The van der Waals surface area contributed by atoms with Gasteiger partial charge in [0.2, 0.25) is 5.91 Å². The van der Waals surface area contributed by atoms with Gasteiger partial charge in [0.05, 0.1) is 0 Å². The van der Waals surface area contributed by atoms with Crippen LogP contribution in [0.2, 0.25) is 0 Å². The fraction of sp³-hybridized carbons (Fsp3) is 0.500. The lowest BCUT2D eigenvalue weighted by Crippen LogP contribution is -2.36. The molecule has 1 N–H and O–H groups in total. The van der Waals surface area contributed by atoms with Crippen molar-refractivity contribution in [2.45, 2.75) is 25.8 Å². The Labute approximate surface area is 122 Å². The van der Waals surface area contributed by atoms with E-state index in [4.69, 9.17) is 5.11 Å². The smallest absolute Gasteiger partial charge is 0.323 e. The largest absolute Gasteiger partial charge is 0.480 e. The maximum Gasteiger partial charge on any atom is 0.323 e. The molecule has 0 heterocycles. The quantitative estimate of drug-likeness (QED) is 0.875. The van der Waals surface area contributed by atoms with Gasteiger partial charge in [0.15, 0.2) is 0 Å². The fourth-order valence-electron chi connectivity index (χ4n) is 2.96. The molecule has 2 fully saturated rings. The molecule has 1 aromatic carbocycles. The Morgan fingerprint density at radius 3 is 2.48 bits per heavy atom. The number of aliphatic carboxylic acids is 1. The number of hydrogen-bond acceptors (Lipinski definition) is 2. The molecule has 1 amide bonds. The molecule has 0 aliphatic heterocycles. The number of carboxylic acid groups (broad SMARTS) is 1. The first kappa shape index (κ1) is 14.0. The number of hydrogen-bond donors (Lipinski definition) is 1. The highest BCUT2D eigenvalue weighted by Gasteiger charge is 2.52. The highest BCUT2D eigenvalue weighted by Crippen LogP contribution is 2.54. The van der Waals surface area contributed by atoms with E-state index in [1.807, 2.05) is 0 Å². The summed E-state index contributed by atoms with van der Waals surface area (Å²) in [5.41, 5.74) is 0.745. The number of carbonyl (C=O) groups is 2. The zero-order valence-corrected chi connectivity index (χ0v) is 11.7. The van der Waals surface area contributed by atoms with Crippen LogP contribution in [-0.4, -0.2) is 28.4 Å². The Bertz CT molecular complexity index is 553. The summed E-state index contributed by atoms with van der Waals surface area (Å²) >= 11 is 0. The second-order valence-corrected chi connectivity index (χ2v) is 6.06. The fourth-order valence-corrected chi connectivity index (χ4v) is 2.96. The lowest BCUT2D eigenvalue weighted by Gasteiger charge is -2.21. The van der Waals surface area contributed by atoms with Gasteiger partial charge in [-0.3, -0.25) is 9.59 Å². The summed E-state index contributed by atoms with van der Waals surface area (Å²) in [7, 11) is 0. The van der Waals surface area contributed by atoms with Crippen molar-refractivity contribution in [1.29, 1.82) is 0 Å². The van der Waals surface area contributed by atoms with Gasteiger partial charge in [-0.1, -0.05) is 12.1 Å². The Morgan fingerprint density at radius 1 is 1.24 bits per heavy atom. The minimum atomic E-state index is -1.02. The van der Waals surface area contributed by atoms with Gasteiger partial charge in [-0.15, -0.1) is 0 Å². The van der Waals surface area contributed by atoms with Crippen LogP contribution in [0.1, 0.15) is 24.8 Å². The number of rotatable bonds is 6. The average molecular weight is 291 g/mol. The van der Waals surface area contributed by atoms with Crippen LogP contribution in [0.4, 0.5) is 4.39 Å². The Kier molecular flexibility index (Phi) is 3.66. The summed E-state index contributed by atoms with van der Waals surface area (Å²) in [6, 6.07) is 5.82. The number of carboxylic acids is 1. The number of carbonyl (C=O) groups excluding carboxylic acids is 1. The third-order valence-corrected chi connectivity index (χ3v) is 4.31. The van der Waals surface area contributed by atoms with Crippen molar-refractivity contribution in [3.8, 4) is 0 Å². The average Bonchev–Trinajstić information content (AvgIpc) is 3.30. The third-order valence-electron chi connectivity index (χ3n) is 4.31. The molecule has 0 radical (unpaired) electrons.